The average molecular weight is 823 g/mol. The summed E-state index contributed by atoms with van der Waals surface area (Å²) in [5.41, 5.74) is 5.06. The van der Waals surface area contributed by atoms with Gasteiger partial charge in [-0.05, 0) is 93.0 Å². The number of esters is 4. The lowest BCUT2D eigenvalue weighted by atomic mass is 9.56. The van der Waals surface area contributed by atoms with E-state index in [1.807, 2.05) is 0 Å². The summed E-state index contributed by atoms with van der Waals surface area (Å²) in [6.45, 7) is 15.3. The Kier molecular flexibility index (Phi) is 11.4. The molecule has 15 atom stereocenters. The molecule has 1 spiro atoms. The molecule has 7 aliphatic rings. The van der Waals surface area contributed by atoms with E-state index >= 15 is 0 Å². The molecule has 1 aromatic heterocycles. The third-order valence-electron chi connectivity index (χ3n) is 15.2. The molecule has 2 unspecified atom stereocenters. The van der Waals surface area contributed by atoms with Crippen LogP contribution in [0.25, 0.3) is 0 Å². The van der Waals surface area contributed by atoms with Gasteiger partial charge in [-0.2, -0.15) is 0 Å². The zero-order chi connectivity index (χ0) is 42.1. The highest BCUT2D eigenvalue weighted by Gasteiger charge is 2.62. The van der Waals surface area contributed by atoms with Gasteiger partial charge in [0, 0.05) is 52.7 Å². The van der Waals surface area contributed by atoms with Crippen LogP contribution in [0.1, 0.15) is 119 Å². The van der Waals surface area contributed by atoms with Gasteiger partial charge in [0.15, 0.2) is 24.5 Å². The molecule has 0 amide bonds. The zero-order valence-electron chi connectivity index (χ0n) is 35.8. The number of aliphatic hydroxyl groups is 1. The largest absolute Gasteiger partial charge is 0.463 e. The van der Waals surface area contributed by atoms with Crippen LogP contribution >= 0.6 is 0 Å². The highest BCUT2D eigenvalue weighted by molar-refractivity contribution is 5.68. The van der Waals surface area contributed by atoms with Gasteiger partial charge in [0.1, 0.15) is 12.7 Å². The Hall–Kier alpha value is -3.66. The van der Waals surface area contributed by atoms with Crippen LogP contribution in [-0.2, 0) is 54.1 Å². The van der Waals surface area contributed by atoms with E-state index in [1.165, 1.54) is 43.5 Å². The van der Waals surface area contributed by atoms with Gasteiger partial charge in [-0.25, -0.2) is 4.68 Å². The van der Waals surface area contributed by atoms with Crippen molar-refractivity contribution in [3.8, 4) is 0 Å². The van der Waals surface area contributed by atoms with Crippen molar-refractivity contribution in [1.29, 1.82) is 0 Å². The maximum absolute atomic E-state index is 12.5. The number of rotatable bonds is 8. The maximum atomic E-state index is 12.5. The number of ether oxygens (including phenoxy) is 6. The predicted molar refractivity (Wildman–Crippen MR) is 210 cm³/mol. The maximum Gasteiger partial charge on any atom is 0.303 e. The van der Waals surface area contributed by atoms with Gasteiger partial charge >= 0.3 is 23.9 Å². The fourth-order valence-corrected chi connectivity index (χ4v) is 12.8. The minimum atomic E-state index is -1.31. The third kappa shape index (κ3) is 7.56. The number of fused-ring (bicyclic) bond motifs is 6. The number of carbonyl (C=O) groups is 4. The van der Waals surface area contributed by atoms with Crippen LogP contribution in [0, 0.1) is 35.0 Å². The van der Waals surface area contributed by atoms with Gasteiger partial charge < -0.3 is 33.5 Å². The Balaban J connectivity index is 1.05. The van der Waals surface area contributed by atoms with Crippen molar-refractivity contribution in [3.05, 3.63) is 34.7 Å². The minimum Gasteiger partial charge on any atom is -0.463 e. The summed E-state index contributed by atoms with van der Waals surface area (Å²) in [7, 11) is 0. The van der Waals surface area contributed by atoms with Crippen molar-refractivity contribution in [2.24, 2.45) is 35.0 Å². The second-order valence-corrected chi connectivity index (χ2v) is 18.9. The number of hydrogen-bond acceptors (Lipinski definition) is 14. The lowest BCUT2D eigenvalue weighted by Crippen LogP contribution is -2.60. The Bertz CT molecular complexity index is 1900. The van der Waals surface area contributed by atoms with E-state index in [-0.39, 0.29) is 41.8 Å². The van der Waals surface area contributed by atoms with E-state index in [1.54, 1.807) is 11.8 Å². The lowest BCUT2D eigenvalue weighted by molar-refractivity contribution is -0.270. The van der Waals surface area contributed by atoms with Crippen molar-refractivity contribution < 1.29 is 52.7 Å². The average Bonchev–Trinajstić information content (AvgIpc) is 3.86. The lowest BCUT2D eigenvalue weighted by Gasteiger charge is -2.49. The number of allylic oxidation sites excluding steroid dienone is 2. The van der Waals surface area contributed by atoms with Crippen molar-refractivity contribution in [2.75, 3.05) is 13.2 Å². The van der Waals surface area contributed by atoms with Crippen LogP contribution in [0.2, 0.25) is 0 Å². The first kappa shape index (κ1) is 42.0. The zero-order valence-corrected chi connectivity index (χ0v) is 35.8. The van der Waals surface area contributed by atoms with Gasteiger partial charge in [0.05, 0.1) is 29.7 Å². The van der Waals surface area contributed by atoms with Gasteiger partial charge in [0.2, 0.25) is 0 Å². The molecule has 3 saturated heterocycles. The summed E-state index contributed by atoms with van der Waals surface area (Å²) >= 11 is 0. The van der Waals surface area contributed by atoms with Gasteiger partial charge in [0.25, 0.3) is 0 Å². The summed E-state index contributed by atoms with van der Waals surface area (Å²) < 4.78 is 37.3. The van der Waals surface area contributed by atoms with E-state index in [0.29, 0.717) is 35.9 Å². The van der Waals surface area contributed by atoms with Crippen molar-refractivity contribution in [1.82, 2.24) is 19.9 Å². The molecule has 4 aliphatic carbocycles. The molecule has 4 heterocycles. The highest BCUT2D eigenvalue weighted by atomic mass is 16.7. The Morgan fingerprint density at radius 3 is 2.37 bits per heavy atom. The number of carbonyl (C=O) groups excluding carboxylic acids is 4. The summed E-state index contributed by atoms with van der Waals surface area (Å²) in [6, 6.07) is 0.156. The standard InChI is InChI=1S/C44H62N4O11/c1-22-15-36-38(24(3)44(59-36)14-12-32-33-10-9-29-16-31(53)11-13-43(29,8)35(33)17-34(32)23(44)2)47(18-22)19-30-20-48(46-45-30)42-41(57-28(7)52)40(56-27(6)51)39(55-26(5)50)37(58-42)21-54-25(4)49/h9,20,22,24,31-33,35-42,53H,10-19,21H2,1-8H3/t22-,24+,31-,32-,33-,35-,36+,37?,38-,39+,40?,41-,42+,43-,44-/m0/s1. The van der Waals surface area contributed by atoms with E-state index < -0.39 is 54.5 Å². The van der Waals surface area contributed by atoms with Gasteiger partial charge in [-0.15, -0.1) is 5.10 Å². The topological polar surface area (TPSA) is 178 Å². The predicted octanol–water partition coefficient (Wildman–Crippen LogP) is 4.76. The summed E-state index contributed by atoms with van der Waals surface area (Å²) in [6.07, 6.45) is 6.08. The highest BCUT2D eigenvalue weighted by Crippen LogP contribution is 2.65. The molecule has 15 heteroatoms. The molecule has 5 fully saturated rings. The van der Waals surface area contributed by atoms with Crippen LogP contribution in [0.3, 0.4) is 0 Å². The first-order valence-corrected chi connectivity index (χ1v) is 21.7. The number of likely N-dealkylation sites (tertiary alicyclic amines) is 1. The molecular formula is C44H62N4O11. The fraction of sp³-hybridized carbons (Fsp3) is 0.773. The fourth-order valence-electron chi connectivity index (χ4n) is 12.8. The SMILES string of the molecule is CC(=O)OCC1O[C@@H](n2cc(CN3C[C@@H](C)C[C@H]4O[C@]5(CC[C@@H]6C(=C5C)C[C@H]5[C@H]6CC=C6C[C@@H](O)CC[C@@]65C)[C@H](C)[C@@H]43)nn2)[C@@H](OC(C)=O)C(OC(C)=O)[C@@H]1OC(C)=O. The number of hydrogen-bond donors (Lipinski definition) is 1. The number of nitrogens with zero attached hydrogens (tertiary/aromatic N) is 4. The van der Waals surface area contributed by atoms with E-state index in [9.17, 15) is 24.3 Å². The second-order valence-electron chi connectivity index (χ2n) is 18.9. The summed E-state index contributed by atoms with van der Waals surface area (Å²) in [4.78, 5) is 51.4. The van der Waals surface area contributed by atoms with Crippen LogP contribution < -0.4 is 0 Å². The molecule has 1 N–H and O–H groups in total. The Morgan fingerprint density at radius 1 is 0.949 bits per heavy atom. The Morgan fingerprint density at radius 2 is 1.66 bits per heavy atom. The van der Waals surface area contributed by atoms with Crippen LogP contribution in [0.5, 0.6) is 0 Å². The molecule has 59 heavy (non-hydrogen) atoms. The third-order valence-corrected chi connectivity index (χ3v) is 15.2. The Labute approximate surface area is 346 Å². The molecule has 0 aromatic carbocycles. The van der Waals surface area contributed by atoms with Crippen LogP contribution in [-0.4, -0.2) is 110 Å². The molecule has 3 aliphatic heterocycles. The summed E-state index contributed by atoms with van der Waals surface area (Å²) in [5, 5.41) is 19.5. The van der Waals surface area contributed by atoms with Crippen molar-refractivity contribution >= 4 is 23.9 Å². The molecule has 0 bridgehead atoms. The number of aliphatic hydroxyl groups excluding tert-OH is 1. The van der Waals surface area contributed by atoms with E-state index in [4.69, 9.17) is 28.4 Å². The van der Waals surface area contributed by atoms with Gasteiger partial charge in [-0.3, -0.25) is 24.1 Å². The molecule has 8 rings (SSSR count). The van der Waals surface area contributed by atoms with Crippen molar-refractivity contribution in [2.45, 2.75) is 168 Å². The first-order chi connectivity index (χ1) is 28.0. The summed E-state index contributed by atoms with van der Waals surface area (Å²) in [5.74, 6) is -0.190. The smallest absolute Gasteiger partial charge is 0.303 e. The first-order valence-electron chi connectivity index (χ1n) is 21.7. The molecule has 2 saturated carbocycles. The molecule has 0 radical (unpaired) electrons. The van der Waals surface area contributed by atoms with E-state index in [2.05, 4.69) is 49.0 Å². The molecule has 324 valence electrons. The molecule has 1 aromatic rings. The minimum absolute atomic E-state index is 0.0601. The number of piperidine rings is 1. The second kappa shape index (κ2) is 16.0. The normalized spacial score (nSPS) is 41.6. The van der Waals surface area contributed by atoms with Gasteiger partial charge in [-0.1, -0.05) is 43.2 Å². The molecule has 15 nitrogen and oxygen atoms in total. The quantitative estimate of drug-likeness (QED) is 0.216. The van der Waals surface area contributed by atoms with Crippen LogP contribution in [0.4, 0.5) is 0 Å². The van der Waals surface area contributed by atoms with Crippen LogP contribution in [0.15, 0.2) is 29.0 Å². The monoisotopic (exact) mass is 822 g/mol. The number of aromatic nitrogens is 3. The molecular weight excluding hydrogens is 761 g/mol. The van der Waals surface area contributed by atoms with E-state index in [0.717, 1.165) is 57.9 Å². The van der Waals surface area contributed by atoms with Crippen molar-refractivity contribution in [3.63, 3.8) is 0 Å².